The van der Waals surface area contributed by atoms with Gasteiger partial charge in [0, 0.05) is 22.7 Å². The number of rotatable bonds is 9. The third-order valence-corrected chi connectivity index (χ3v) is 6.80. The van der Waals surface area contributed by atoms with Gasteiger partial charge in [-0.1, -0.05) is 74.8 Å². The van der Waals surface area contributed by atoms with Crippen molar-refractivity contribution >= 4 is 17.5 Å². The summed E-state index contributed by atoms with van der Waals surface area (Å²) in [7, 11) is 4.08. The SMILES string of the molecule is CN(C)[C@H](CNc1oc(-c2ccc(OCc3ccccc3Cl)cc2)nc1C#N)c1ccc(C(C)(C)C)cc1. The molecule has 1 atom stereocenters. The molecule has 1 N–H and O–H groups in total. The van der Waals surface area contributed by atoms with Gasteiger partial charge in [-0.2, -0.15) is 10.2 Å². The molecule has 0 unspecified atom stereocenters. The summed E-state index contributed by atoms with van der Waals surface area (Å²) in [6.07, 6.45) is 0. The average molecular weight is 529 g/mol. The lowest BCUT2D eigenvalue weighted by atomic mass is 9.86. The van der Waals surface area contributed by atoms with Crippen molar-refractivity contribution in [1.82, 2.24) is 9.88 Å². The smallest absolute Gasteiger partial charge is 0.232 e. The summed E-state index contributed by atoms with van der Waals surface area (Å²) in [4.78, 5) is 6.55. The molecule has 0 aliphatic heterocycles. The van der Waals surface area contributed by atoms with Gasteiger partial charge in [0.1, 0.15) is 18.4 Å². The van der Waals surface area contributed by atoms with Crippen molar-refractivity contribution in [3.63, 3.8) is 0 Å². The van der Waals surface area contributed by atoms with Crippen molar-refractivity contribution in [1.29, 1.82) is 5.26 Å². The Hall–Kier alpha value is -3.79. The number of hydrogen-bond acceptors (Lipinski definition) is 6. The Balaban J connectivity index is 1.44. The van der Waals surface area contributed by atoms with Crippen LogP contribution >= 0.6 is 11.6 Å². The Bertz CT molecular complexity index is 1400. The maximum Gasteiger partial charge on any atom is 0.232 e. The van der Waals surface area contributed by atoms with Gasteiger partial charge < -0.3 is 19.4 Å². The summed E-state index contributed by atoms with van der Waals surface area (Å²) in [6.45, 7) is 7.55. The van der Waals surface area contributed by atoms with Gasteiger partial charge in [-0.15, -0.1) is 0 Å². The molecule has 7 heteroatoms. The van der Waals surface area contributed by atoms with Crippen molar-refractivity contribution in [2.24, 2.45) is 0 Å². The molecule has 0 saturated heterocycles. The molecular formula is C31H33ClN4O2. The van der Waals surface area contributed by atoms with Gasteiger partial charge >= 0.3 is 0 Å². The second kappa shape index (κ2) is 11.7. The van der Waals surface area contributed by atoms with E-state index >= 15 is 0 Å². The van der Waals surface area contributed by atoms with Crippen LogP contribution in [0, 0.1) is 11.3 Å². The number of oxazole rings is 1. The molecule has 0 fully saturated rings. The fraction of sp³-hybridized carbons (Fsp3) is 0.290. The number of nitrogens with zero attached hydrogens (tertiary/aromatic N) is 3. The summed E-state index contributed by atoms with van der Waals surface area (Å²) in [5.74, 6) is 1.43. The van der Waals surface area contributed by atoms with Crippen molar-refractivity contribution in [3.05, 3.63) is 100 Å². The molecule has 4 aromatic rings. The standard InChI is InChI=1S/C31H33ClN4O2/c1-31(2,3)24-14-10-21(11-15-24)28(36(4)5)19-34-30-27(18-33)35-29(38-30)22-12-16-25(17-13-22)37-20-23-8-6-7-9-26(23)32/h6-17,28,34H,19-20H2,1-5H3/t28-/m1/s1. The third-order valence-electron chi connectivity index (χ3n) is 6.43. The third kappa shape index (κ3) is 6.55. The zero-order chi connectivity index (χ0) is 27.3. The van der Waals surface area contributed by atoms with Gasteiger partial charge in [0.15, 0.2) is 0 Å². The minimum absolute atomic E-state index is 0.0821. The van der Waals surface area contributed by atoms with Crippen LogP contribution in [0.2, 0.25) is 5.02 Å². The number of aromatic nitrogens is 1. The highest BCUT2D eigenvalue weighted by Crippen LogP contribution is 2.29. The largest absolute Gasteiger partial charge is 0.489 e. The van der Waals surface area contributed by atoms with E-state index in [9.17, 15) is 5.26 Å². The van der Waals surface area contributed by atoms with Crippen LogP contribution in [0.1, 0.15) is 49.2 Å². The van der Waals surface area contributed by atoms with E-state index in [4.69, 9.17) is 20.8 Å². The number of halogens is 1. The summed E-state index contributed by atoms with van der Waals surface area (Å²) in [5.41, 5.74) is 4.46. The van der Waals surface area contributed by atoms with Gasteiger partial charge in [0.05, 0.1) is 6.04 Å². The van der Waals surface area contributed by atoms with Crippen LogP contribution in [0.5, 0.6) is 5.75 Å². The van der Waals surface area contributed by atoms with E-state index < -0.39 is 0 Å². The van der Waals surface area contributed by atoms with E-state index in [0.717, 1.165) is 11.1 Å². The zero-order valence-corrected chi connectivity index (χ0v) is 23.2. The molecule has 1 heterocycles. The molecule has 38 heavy (non-hydrogen) atoms. The second-order valence-corrected chi connectivity index (χ2v) is 10.9. The minimum Gasteiger partial charge on any atom is -0.489 e. The lowest BCUT2D eigenvalue weighted by molar-refractivity contribution is 0.306. The predicted molar refractivity (Wildman–Crippen MR) is 152 cm³/mol. The van der Waals surface area contributed by atoms with Crippen LogP contribution in [0.3, 0.4) is 0 Å². The Labute approximate surface area is 229 Å². The van der Waals surface area contributed by atoms with Gasteiger partial charge in [-0.05, 0) is 61.0 Å². The van der Waals surface area contributed by atoms with E-state index in [-0.39, 0.29) is 17.2 Å². The maximum atomic E-state index is 9.67. The highest BCUT2D eigenvalue weighted by Gasteiger charge is 2.20. The number of nitrogens with one attached hydrogen (secondary N) is 1. The lowest BCUT2D eigenvalue weighted by Gasteiger charge is -2.26. The molecular weight excluding hydrogens is 496 g/mol. The average Bonchev–Trinajstić information content (AvgIpc) is 3.31. The first kappa shape index (κ1) is 27.3. The molecule has 196 valence electrons. The second-order valence-electron chi connectivity index (χ2n) is 10.4. The Kier molecular flexibility index (Phi) is 8.41. The molecule has 0 bridgehead atoms. The molecule has 4 rings (SSSR count). The molecule has 3 aromatic carbocycles. The van der Waals surface area contributed by atoms with E-state index in [1.165, 1.54) is 11.1 Å². The van der Waals surface area contributed by atoms with Gasteiger partial charge in [0.2, 0.25) is 17.5 Å². The molecule has 1 aromatic heterocycles. The Morgan fingerprint density at radius 3 is 2.32 bits per heavy atom. The van der Waals surface area contributed by atoms with E-state index in [1.54, 1.807) is 0 Å². The number of likely N-dealkylation sites (N-methyl/N-ethyl adjacent to an activating group) is 1. The van der Waals surface area contributed by atoms with Crippen LogP contribution in [-0.4, -0.2) is 30.5 Å². The van der Waals surface area contributed by atoms with Crippen LogP contribution < -0.4 is 10.1 Å². The van der Waals surface area contributed by atoms with Crippen LogP contribution in [0.4, 0.5) is 5.88 Å². The Morgan fingerprint density at radius 1 is 1.03 bits per heavy atom. The first-order chi connectivity index (χ1) is 18.2. The number of anilines is 1. The summed E-state index contributed by atoms with van der Waals surface area (Å²) < 4.78 is 11.8. The fourth-order valence-corrected chi connectivity index (χ4v) is 4.29. The highest BCUT2D eigenvalue weighted by molar-refractivity contribution is 6.31. The van der Waals surface area contributed by atoms with Gasteiger partial charge in [-0.25, -0.2) is 0 Å². The normalized spacial score (nSPS) is 12.3. The number of nitriles is 1. The van der Waals surface area contributed by atoms with Crippen molar-refractivity contribution in [3.8, 4) is 23.3 Å². The van der Waals surface area contributed by atoms with Gasteiger partial charge in [0.25, 0.3) is 0 Å². The van der Waals surface area contributed by atoms with E-state index in [2.05, 4.69) is 66.3 Å². The van der Waals surface area contributed by atoms with Crippen molar-refractivity contribution in [2.45, 2.75) is 38.8 Å². The molecule has 0 spiro atoms. The topological polar surface area (TPSA) is 74.3 Å². The summed E-state index contributed by atoms with van der Waals surface area (Å²) in [6, 6.07) is 25.9. The molecule has 0 saturated carbocycles. The van der Waals surface area contributed by atoms with Crippen LogP contribution in [0.25, 0.3) is 11.5 Å². The van der Waals surface area contributed by atoms with Crippen molar-refractivity contribution < 1.29 is 9.15 Å². The summed E-state index contributed by atoms with van der Waals surface area (Å²) >= 11 is 6.21. The molecule has 6 nitrogen and oxygen atoms in total. The van der Waals surface area contributed by atoms with Crippen molar-refractivity contribution in [2.75, 3.05) is 26.0 Å². The molecule has 0 amide bonds. The summed E-state index contributed by atoms with van der Waals surface area (Å²) in [5, 5.41) is 13.6. The Morgan fingerprint density at radius 2 is 1.71 bits per heavy atom. The quantitative estimate of drug-likeness (QED) is 0.243. The lowest BCUT2D eigenvalue weighted by Crippen LogP contribution is -2.27. The number of hydrogen-bond donors (Lipinski definition) is 1. The fourth-order valence-electron chi connectivity index (χ4n) is 4.10. The van der Waals surface area contributed by atoms with Crippen LogP contribution in [-0.2, 0) is 12.0 Å². The predicted octanol–water partition coefficient (Wildman–Crippen LogP) is 7.46. The first-order valence-corrected chi connectivity index (χ1v) is 12.9. The molecule has 0 aliphatic carbocycles. The van der Waals surface area contributed by atoms with Gasteiger partial charge in [-0.3, -0.25) is 0 Å². The minimum atomic E-state index is 0.0821. The molecule has 0 radical (unpaired) electrons. The zero-order valence-electron chi connectivity index (χ0n) is 22.5. The number of benzene rings is 3. The monoisotopic (exact) mass is 528 g/mol. The number of ether oxygens (including phenoxy) is 1. The maximum absolute atomic E-state index is 9.67. The van der Waals surface area contributed by atoms with E-state index in [0.29, 0.717) is 35.7 Å². The highest BCUT2D eigenvalue weighted by atomic mass is 35.5. The molecule has 0 aliphatic rings. The first-order valence-electron chi connectivity index (χ1n) is 12.5. The van der Waals surface area contributed by atoms with Crippen LogP contribution in [0.15, 0.2) is 77.2 Å². The van der Waals surface area contributed by atoms with E-state index in [1.807, 2.05) is 62.6 Å².